The molecule has 0 amide bonds. The summed E-state index contributed by atoms with van der Waals surface area (Å²) < 4.78 is 0. The van der Waals surface area contributed by atoms with Crippen LogP contribution in [0.15, 0.2) is 0 Å². The zero-order valence-electron chi connectivity index (χ0n) is 9.42. The zero-order valence-corrected chi connectivity index (χ0v) is 9.42. The number of hydrogen-bond donors (Lipinski definition) is 0. The molecule has 0 aliphatic heterocycles. The Hall–Kier alpha value is 0. The fourth-order valence-corrected chi connectivity index (χ4v) is 3.78. The molecule has 0 N–H and O–H groups in total. The van der Waals surface area contributed by atoms with Crippen molar-refractivity contribution in [2.75, 3.05) is 0 Å². The van der Waals surface area contributed by atoms with Crippen molar-refractivity contribution in [3.8, 4) is 0 Å². The molecule has 0 nitrogen and oxygen atoms in total. The van der Waals surface area contributed by atoms with Crippen molar-refractivity contribution in [3.05, 3.63) is 0 Å². The lowest BCUT2D eigenvalue weighted by Gasteiger charge is -2.43. The molecule has 2 saturated carbocycles. The molecule has 2 aliphatic rings. The lowest BCUT2D eigenvalue weighted by molar-refractivity contribution is 0.0832. The van der Waals surface area contributed by atoms with Gasteiger partial charge >= 0.3 is 0 Å². The van der Waals surface area contributed by atoms with Crippen LogP contribution in [-0.2, 0) is 0 Å². The number of hydrogen-bond acceptors (Lipinski definition) is 0. The van der Waals surface area contributed by atoms with Crippen LogP contribution >= 0.6 is 0 Å². The number of rotatable bonds is 1. The molecule has 0 aromatic heterocycles. The fraction of sp³-hybridized carbons (Fsp3) is 1.00. The monoisotopic (exact) mass is 180 g/mol. The van der Waals surface area contributed by atoms with E-state index in [2.05, 4.69) is 20.8 Å². The molecular weight excluding hydrogens is 156 g/mol. The molecule has 0 heterocycles. The average molecular weight is 180 g/mol. The van der Waals surface area contributed by atoms with Crippen LogP contribution in [0.4, 0.5) is 0 Å². The van der Waals surface area contributed by atoms with Gasteiger partial charge in [0.15, 0.2) is 0 Å². The highest BCUT2D eigenvalue weighted by Gasteiger charge is 2.35. The van der Waals surface area contributed by atoms with Crippen molar-refractivity contribution in [2.45, 2.75) is 52.9 Å². The highest BCUT2D eigenvalue weighted by Crippen LogP contribution is 2.46. The molecule has 0 aromatic carbocycles. The molecule has 76 valence electrons. The van der Waals surface area contributed by atoms with Crippen molar-refractivity contribution in [2.24, 2.45) is 29.6 Å². The van der Waals surface area contributed by atoms with Gasteiger partial charge in [0.25, 0.3) is 0 Å². The smallest absolute Gasteiger partial charge is 0.0386 e. The molecule has 0 aromatic rings. The van der Waals surface area contributed by atoms with Gasteiger partial charge in [-0.2, -0.15) is 0 Å². The van der Waals surface area contributed by atoms with Crippen LogP contribution in [0.3, 0.4) is 0 Å². The Kier molecular flexibility index (Phi) is 2.67. The summed E-state index contributed by atoms with van der Waals surface area (Å²) in [6, 6.07) is 0. The molecule has 2 aliphatic carbocycles. The summed E-state index contributed by atoms with van der Waals surface area (Å²) >= 11 is 0. The van der Waals surface area contributed by atoms with Gasteiger partial charge in [0.2, 0.25) is 0 Å². The van der Waals surface area contributed by atoms with Gasteiger partial charge in [0.05, 0.1) is 0 Å². The Morgan fingerprint density at radius 2 is 1.38 bits per heavy atom. The molecule has 2 unspecified atom stereocenters. The summed E-state index contributed by atoms with van der Waals surface area (Å²) in [6.45, 7) is 7.28. The topological polar surface area (TPSA) is 0 Å². The Bertz CT molecular complexity index is 153. The second-order valence-electron chi connectivity index (χ2n) is 6.02. The van der Waals surface area contributed by atoms with Crippen LogP contribution in [0, 0.1) is 29.6 Å². The first-order chi connectivity index (χ1) is 6.15. The minimum absolute atomic E-state index is 0.929. The van der Waals surface area contributed by atoms with Gasteiger partial charge in [-0.1, -0.05) is 20.8 Å². The van der Waals surface area contributed by atoms with E-state index in [0.29, 0.717) is 0 Å². The first-order valence-electron chi connectivity index (χ1n) is 6.15. The predicted molar refractivity (Wildman–Crippen MR) is 57.6 cm³/mol. The Labute approximate surface area is 83.1 Å². The SMILES string of the molecule is CC1C[C@@H]2CC(C(C)C)C[C@H](C1)C2. The number of fused-ring (bicyclic) bond motifs is 2. The molecule has 2 rings (SSSR count). The van der Waals surface area contributed by atoms with E-state index in [-0.39, 0.29) is 0 Å². The molecule has 2 bridgehead atoms. The Morgan fingerprint density at radius 3 is 1.85 bits per heavy atom. The second kappa shape index (κ2) is 3.63. The largest absolute Gasteiger partial charge is 0.0625 e. The Balaban J connectivity index is 1.97. The minimum atomic E-state index is 0.929. The third kappa shape index (κ3) is 2.08. The van der Waals surface area contributed by atoms with Gasteiger partial charge in [-0.3, -0.25) is 0 Å². The third-order valence-electron chi connectivity index (χ3n) is 4.35. The third-order valence-corrected chi connectivity index (χ3v) is 4.35. The molecule has 0 saturated heterocycles. The van der Waals surface area contributed by atoms with E-state index >= 15 is 0 Å². The average Bonchev–Trinajstić information content (AvgIpc) is 2.01. The molecule has 0 radical (unpaired) electrons. The summed E-state index contributed by atoms with van der Waals surface area (Å²) in [7, 11) is 0. The van der Waals surface area contributed by atoms with Crippen LogP contribution in [0.2, 0.25) is 0 Å². The lowest BCUT2D eigenvalue weighted by atomic mass is 9.63. The van der Waals surface area contributed by atoms with Gasteiger partial charge in [0.1, 0.15) is 0 Å². The van der Waals surface area contributed by atoms with Gasteiger partial charge in [-0.25, -0.2) is 0 Å². The van der Waals surface area contributed by atoms with Crippen molar-refractivity contribution < 1.29 is 0 Å². The molecule has 13 heavy (non-hydrogen) atoms. The summed E-state index contributed by atoms with van der Waals surface area (Å²) in [5, 5.41) is 0. The van der Waals surface area contributed by atoms with E-state index in [1.807, 2.05) is 0 Å². The van der Waals surface area contributed by atoms with Crippen LogP contribution in [0.1, 0.15) is 52.9 Å². The highest BCUT2D eigenvalue weighted by molar-refractivity contribution is 4.86. The van der Waals surface area contributed by atoms with Gasteiger partial charge in [-0.05, 0) is 61.7 Å². The molecular formula is C13H24. The fourth-order valence-electron chi connectivity index (χ4n) is 3.78. The van der Waals surface area contributed by atoms with Crippen LogP contribution < -0.4 is 0 Å². The first kappa shape index (κ1) is 9.55. The normalized spacial score (nSPS) is 45.2. The quantitative estimate of drug-likeness (QED) is 0.570. The van der Waals surface area contributed by atoms with Crippen molar-refractivity contribution in [1.29, 1.82) is 0 Å². The van der Waals surface area contributed by atoms with E-state index in [1.165, 1.54) is 12.8 Å². The minimum Gasteiger partial charge on any atom is -0.0625 e. The standard InChI is InChI=1S/C13H24/c1-9(2)13-7-11-4-10(3)5-12(6-11)8-13/h9-13H,4-8H2,1-3H3/t10?,11-,12+,13?. The summed E-state index contributed by atoms with van der Waals surface area (Å²) in [5.41, 5.74) is 0. The van der Waals surface area contributed by atoms with Crippen molar-refractivity contribution in [3.63, 3.8) is 0 Å². The maximum absolute atomic E-state index is 2.45. The predicted octanol–water partition coefficient (Wildman–Crippen LogP) is 4.10. The van der Waals surface area contributed by atoms with Gasteiger partial charge in [-0.15, -0.1) is 0 Å². The van der Waals surface area contributed by atoms with Gasteiger partial charge in [0, 0.05) is 0 Å². The zero-order chi connectivity index (χ0) is 9.42. The first-order valence-corrected chi connectivity index (χ1v) is 6.15. The molecule has 2 fully saturated rings. The van der Waals surface area contributed by atoms with Crippen LogP contribution in [0.25, 0.3) is 0 Å². The van der Waals surface area contributed by atoms with E-state index in [0.717, 1.165) is 29.6 Å². The maximum Gasteiger partial charge on any atom is -0.0386 e. The highest BCUT2D eigenvalue weighted by atomic mass is 14.4. The Morgan fingerprint density at radius 1 is 0.846 bits per heavy atom. The molecule has 0 spiro atoms. The summed E-state index contributed by atoms with van der Waals surface area (Å²) in [6.07, 6.45) is 7.70. The van der Waals surface area contributed by atoms with Crippen LogP contribution in [0.5, 0.6) is 0 Å². The van der Waals surface area contributed by atoms with E-state index in [1.54, 1.807) is 19.3 Å². The van der Waals surface area contributed by atoms with E-state index < -0.39 is 0 Å². The summed E-state index contributed by atoms with van der Waals surface area (Å²) in [4.78, 5) is 0. The van der Waals surface area contributed by atoms with Crippen molar-refractivity contribution >= 4 is 0 Å². The molecule has 4 atom stereocenters. The lowest BCUT2D eigenvalue weighted by Crippen LogP contribution is -2.32. The molecule has 0 heteroatoms. The summed E-state index contributed by atoms with van der Waals surface area (Å²) in [5.74, 6) is 5.19. The maximum atomic E-state index is 2.45. The van der Waals surface area contributed by atoms with Crippen LogP contribution in [-0.4, -0.2) is 0 Å². The van der Waals surface area contributed by atoms with E-state index in [4.69, 9.17) is 0 Å². The van der Waals surface area contributed by atoms with Crippen molar-refractivity contribution in [1.82, 2.24) is 0 Å². The second-order valence-corrected chi connectivity index (χ2v) is 6.02. The van der Waals surface area contributed by atoms with E-state index in [9.17, 15) is 0 Å². The van der Waals surface area contributed by atoms with Gasteiger partial charge < -0.3 is 0 Å².